The molecule has 5 nitrogen and oxygen atoms in total. The van der Waals surface area contributed by atoms with Crippen LogP contribution in [0, 0.1) is 11.3 Å². The summed E-state index contributed by atoms with van der Waals surface area (Å²) in [6, 6.07) is 7.67. The van der Waals surface area contributed by atoms with Crippen molar-refractivity contribution in [3.63, 3.8) is 0 Å². The van der Waals surface area contributed by atoms with Crippen molar-refractivity contribution in [2.24, 2.45) is 4.99 Å². The number of fused-ring (bicyclic) bond motifs is 1. The molecule has 1 aliphatic heterocycles. The number of allylic oxidation sites excluding steroid dienone is 1. The maximum absolute atomic E-state index is 8.82. The molecule has 3 rings (SSSR count). The second kappa shape index (κ2) is 3.83. The Morgan fingerprint density at radius 3 is 3.12 bits per heavy atom. The average molecular weight is 223 g/mol. The van der Waals surface area contributed by atoms with Gasteiger partial charge in [-0.3, -0.25) is 4.99 Å². The highest BCUT2D eigenvalue weighted by Gasteiger charge is 2.13. The number of aromatic nitrogens is 3. The molecule has 0 saturated heterocycles. The number of nitrogens with zero attached hydrogens (tertiary/aromatic N) is 5. The van der Waals surface area contributed by atoms with Crippen molar-refractivity contribution in [2.45, 2.75) is 12.5 Å². The molecule has 2 aromatic rings. The molecule has 5 heteroatoms. The molecule has 0 aliphatic carbocycles. The molecule has 17 heavy (non-hydrogen) atoms. The number of hydrogen-bond acceptors (Lipinski definition) is 4. The topological polar surface area (TPSA) is 66.9 Å². The zero-order valence-corrected chi connectivity index (χ0v) is 8.98. The van der Waals surface area contributed by atoms with E-state index in [1.807, 2.05) is 23.0 Å². The molecule has 0 bridgehead atoms. The van der Waals surface area contributed by atoms with Crippen LogP contribution in [0.1, 0.15) is 18.0 Å². The van der Waals surface area contributed by atoms with Crippen LogP contribution in [0.3, 0.4) is 0 Å². The molecule has 0 saturated carbocycles. The minimum absolute atomic E-state index is 0.158. The Hall–Kier alpha value is -2.48. The molecule has 82 valence electrons. The summed E-state index contributed by atoms with van der Waals surface area (Å²) in [5, 5.41) is 17.0. The van der Waals surface area contributed by atoms with E-state index in [1.165, 1.54) is 0 Å². The zero-order chi connectivity index (χ0) is 11.7. The van der Waals surface area contributed by atoms with Crippen molar-refractivity contribution in [3.05, 3.63) is 36.0 Å². The lowest BCUT2D eigenvalue weighted by molar-refractivity contribution is 0.550. The minimum atomic E-state index is 0.158. The lowest BCUT2D eigenvalue weighted by Gasteiger charge is -2.12. The summed E-state index contributed by atoms with van der Waals surface area (Å²) in [6.45, 7) is 0. The van der Waals surface area contributed by atoms with Gasteiger partial charge in [-0.1, -0.05) is 5.21 Å². The monoisotopic (exact) mass is 223 g/mol. The van der Waals surface area contributed by atoms with Crippen molar-refractivity contribution in [1.29, 1.82) is 5.26 Å². The van der Waals surface area contributed by atoms with E-state index >= 15 is 0 Å². The van der Waals surface area contributed by atoms with Crippen molar-refractivity contribution in [2.75, 3.05) is 0 Å². The maximum Gasteiger partial charge on any atom is 0.114 e. The number of hydrogen-bond donors (Lipinski definition) is 0. The molecule has 0 radical (unpaired) electrons. The number of benzene rings is 1. The lowest BCUT2D eigenvalue weighted by atomic mass is 10.1. The largest absolute Gasteiger partial charge is 0.269 e. The SMILES string of the molecule is N#Cc1ccc2c(c1)nnn2C1C=CN=CC1. The third-order valence-electron chi connectivity index (χ3n) is 2.76. The molecule has 2 heterocycles. The van der Waals surface area contributed by atoms with Gasteiger partial charge in [-0.25, -0.2) is 4.68 Å². The quantitative estimate of drug-likeness (QED) is 0.740. The van der Waals surface area contributed by atoms with Gasteiger partial charge < -0.3 is 0 Å². The Morgan fingerprint density at radius 1 is 1.41 bits per heavy atom. The average Bonchev–Trinajstić information content (AvgIpc) is 2.82. The van der Waals surface area contributed by atoms with E-state index in [0.29, 0.717) is 5.56 Å². The van der Waals surface area contributed by atoms with Crippen LogP contribution in [-0.2, 0) is 0 Å². The predicted molar refractivity (Wildman–Crippen MR) is 63.5 cm³/mol. The summed E-state index contributed by atoms with van der Waals surface area (Å²) in [6.07, 6.45) is 6.44. The van der Waals surface area contributed by atoms with Crippen molar-refractivity contribution < 1.29 is 0 Å². The van der Waals surface area contributed by atoms with E-state index in [9.17, 15) is 0 Å². The fourth-order valence-corrected chi connectivity index (χ4v) is 1.90. The fraction of sp³-hybridized carbons (Fsp3) is 0.167. The van der Waals surface area contributed by atoms with Gasteiger partial charge in [-0.05, 0) is 24.3 Å². The van der Waals surface area contributed by atoms with Crippen LogP contribution in [0.4, 0.5) is 0 Å². The van der Waals surface area contributed by atoms with Crippen LogP contribution in [0.15, 0.2) is 35.5 Å². The molecule has 1 aromatic heterocycles. The summed E-state index contributed by atoms with van der Waals surface area (Å²) in [5.74, 6) is 0. The number of rotatable bonds is 1. The molecule has 0 spiro atoms. The number of aliphatic imine (C=N–C) groups is 1. The number of nitriles is 1. The Balaban J connectivity index is 2.10. The van der Waals surface area contributed by atoms with E-state index < -0.39 is 0 Å². The molecule has 0 amide bonds. The van der Waals surface area contributed by atoms with Gasteiger partial charge in [0.15, 0.2) is 0 Å². The molecule has 1 aliphatic rings. The molecule has 0 fully saturated rings. The van der Waals surface area contributed by atoms with Gasteiger partial charge in [-0.15, -0.1) is 5.10 Å². The Morgan fingerprint density at radius 2 is 2.35 bits per heavy atom. The second-order valence-corrected chi connectivity index (χ2v) is 3.83. The molecule has 1 unspecified atom stereocenters. The summed E-state index contributed by atoms with van der Waals surface area (Å²) >= 11 is 0. The smallest absolute Gasteiger partial charge is 0.114 e. The van der Waals surface area contributed by atoms with Gasteiger partial charge in [0.2, 0.25) is 0 Å². The molecule has 0 N–H and O–H groups in total. The lowest BCUT2D eigenvalue weighted by Crippen LogP contribution is -2.10. The summed E-state index contributed by atoms with van der Waals surface area (Å²) in [4.78, 5) is 4.03. The molecular weight excluding hydrogens is 214 g/mol. The zero-order valence-electron chi connectivity index (χ0n) is 8.98. The van der Waals surface area contributed by atoms with E-state index in [1.54, 1.807) is 18.3 Å². The van der Waals surface area contributed by atoms with E-state index in [0.717, 1.165) is 17.5 Å². The Bertz CT molecular complexity index is 659. The normalized spacial score (nSPS) is 18.4. The third-order valence-corrected chi connectivity index (χ3v) is 2.76. The summed E-state index contributed by atoms with van der Waals surface area (Å²) < 4.78 is 1.86. The first-order valence-corrected chi connectivity index (χ1v) is 5.32. The Labute approximate surface area is 97.7 Å². The standard InChI is InChI=1S/C12H9N5/c13-8-9-1-2-12-11(7-9)15-16-17(12)10-3-5-14-6-4-10/h1-3,5-7,10H,4H2. The van der Waals surface area contributed by atoms with Crippen LogP contribution in [0.2, 0.25) is 0 Å². The highest BCUT2D eigenvalue weighted by molar-refractivity contribution is 5.76. The first kappa shape index (κ1) is 9.73. The predicted octanol–water partition coefficient (Wildman–Crippen LogP) is 1.83. The van der Waals surface area contributed by atoms with E-state index in [2.05, 4.69) is 21.4 Å². The van der Waals surface area contributed by atoms with Gasteiger partial charge >= 0.3 is 0 Å². The highest BCUT2D eigenvalue weighted by atomic mass is 15.4. The van der Waals surface area contributed by atoms with Gasteiger partial charge in [0.1, 0.15) is 5.52 Å². The van der Waals surface area contributed by atoms with Crippen molar-refractivity contribution >= 4 is 17.2 Å². The summed E-state index contributed by atoms with van der Waals surface area (Å²) in [5.41, 5.74) is 2.29. The van der Waals surface area contributed by atoms with E-state index in [4.69, 9.17) is 5.26 Å². The first-order chi connectivity index (χ1) is 8.38. The summed E-state index contributed by atoms with van der Waals surface area (Å²) in [7, 11) is 0. The van der Waals surface area contributed by atoms with Crippen molar-refractivity contribution in [1.82, 2.24) is 15.0 Å². The molecular formula is C12H9N5. The van der Waals surface area contributed by atoms with Gasteiger partial charge in [0, 0.05) is 18.8 Å². The molecule has 1 aromatic carbocycles. The maximum atomic E-state index is 8.82. The fourth-order valence-electron chi connectivity index (χ4n) is 1.90. The van der Waals surface area contributed by atoms with Crippen molar-refractivity contribution in [3.8, 4) is 6.07 Å². The first-order valence-electron chi connectivity index (χ1n) is 5.32. The Kier molecular flexibility index (Phi) is 2.19. The van der Waals surface area contributed by atoms with Gasteiger partial charge in [0.05, 0.1) is 23.2 Å². The highest BCUT2D eigenvalue weighted by Crippen LogP contribution is 2.21. The van der Waals surface area contributed by atoms with Crippen LogP contribution >= 0.6 is 0 Å². The van der Waals surface area contributed by atoms with Crippen LogP contribution in [-0.4, -0.2) is 21.2 Å². The van der Waals surface area contributed by atoms with Crippen LogP contribution in [0.5, 0.6) is 0 Å². The second-order valence-electron chi connectivity index (χ2n) is 3.83. The minimum Gasteiger partial charge on any atom is -0.269 e. The van der Waals surface area contributed by atoms with Gasteiger partial charge in [0.25, 0.3) is 0 Å². The van der Waals surface area contributed by atoms with Crippen LogP contribution in [0.25, 0.3) is 11.0 Å². The van der Waals surface area contributed by atoms with Crippen LogP contribution < -0.4 is 0 Å². The van der Waals surface area contributed by atoms with Gasteiger partial charge in [-0.2, -0.15) is 5.26 Å². The third kappa shape index (κ3) is 1.60. The van der Waals surface area contributed by atoms with E-state index in [-0.39, 0.29) is 6.04 Å². The molecule has 1 atom stereocenters.